The molecule has 1 heterocycles. The van der Waals surface area contributed by atoms with Crippen LogP contribution in [0, 0.1) is 5.82 Å². The second-order valence-electron chi connectivity index (χ2n) is 4.03. The predicted molar refractivity (Wildman–Crippen MR) is 62.4 cm³/mol. The van der Waals surface area contributed by atoms with Crippen molar-refractivity contribution in [2.24, 2.45) is 7.05 Å². The van der Waals surface area contributed by atoms with E-state index in [2.05, 4.69) is 10.3 Å². The lowest BCUT2D eigenvalue weighted by Crippen LogP contribution is -2.02. The molecule has 0 aliphatic carbocycles. The second kappa shape index (κ2) is 5.14. The molecule has 6 heteroatoms. The van der Waals surface area contributed by atoms with Crippen molar-refractivity contribution in [3.63, 3.8) is 0 Å². The van der Waals surface area contributed by atoms with Gasteiger partial charge in [-0.15, -0.1) is 5.10 Å². The summed E-state index contributed by atoms with van der Waals surface area (Å²) in [4.78, 5) is 0. The molecular weight excluding hydrogens is 237 g/mol. The number of hydrogen-bond acceptors (Lipinski definition) is 4. The number of hydrogen-bond donors (Lipinski definition) is 1. The Morgan fingerprint density at radius 2 is 2.28 bits per heavy atom. The first-order valence-corrected chi connectivity index (χ1v) is 5.52. The topological polar surface area (TPSA) is 60.2 Å². The Morgan fingerprint density at radius 1 is 1.50 bits per heavy atom. The number of nitrogens with zero attached hydrogens (tertiary/aromatic N) is 3. The molecule has 0 unspecified atom stereocenters. The van der Waals surface area contributed by atoms with Crippen LogP contribution >= 0.6 is 0 Å². The number of rotatable bonds is 4. The van der Waals surface area contributed by atoms with Gasteiger partial charge in [-0.25, -0.2) is 4.39 Å². The van der Waals surface area contributed by atoms with Gasteiger partial charge in [-0.2, -0.15) is 0 Å². The van der Waals surface area contributed by atoms with E-state index < -0.39 is 11.9 Å². The van der Waals surface area contributed by atoms with E-state index in [1.165, 1.54) is 18.2 Å². The number of halogens is 1. The molecule has 2 rings (SSSR count). The van der Waals surface area contributed by atoms with E-state index in [-0.39, 0.29) is 6.61 Å². The van der Waals surface area contributed by atoms with E-state index in [0.29, 0.717) is 17.0 Å². The van der Waals surface area contributed by atoms with E-state index in [4.69, 9.17) is 4.74 Å². The molecule has 0 amide bonds. The fourth-order valence-electron chi connectivity index (χ4n) is 1.59. The van der Waals surface area contributed by atoms with Gasteiger partial charge in [0.2, 0.25) is 0 Å². The predicted octanol–water partition coefficient (Wildman–Crippen LogP) is 1.59. The molecule has 0 saturated carbocycles. The fourth-order valence-corrected chi connectivity index (χ4v) is 1.59. The molecule has 18 heavy (non-hydrogen) atoms. The molecule has 0 aliphatic heterocycles. The molecule has 5 nitrogen and oxygen atoms in total. The Morgan fingerprint density at radius 3 is 2.89 bits per heavy atom. The van der Waals surface area contributed by atoms with Crippen LogP contribution in [0.2, 0.25) is 0 Å². The van der Waals surface area contributed by atoms with Crippen molar-refractivity contribution < 1.29 is 14.2 Å². The summed E-state index contributed by atoms with van der Waals surface area (Å²) < 4.78 is 20.2. The van der Waals surface area contributed by atoms with Crippen LogP contribution < -0.4 is 4.74 Å². The van der Waals surface area contributed by atoms with Crippen molar-refractivity contribution >= 4 is 0 Å². The van der Waals surface area contributed by atoms with Gasteiger partial charge in [0.25, 0.3) is 0 Å². The normalized spacial score (nSPS) is 12.4. The summed E-state index contributed by atoms with van der Waals surface area (Å²) >= 11 is 0. The number of benzene rings is 1. The van der Waals surface area contributed by atoms with Gasteiger partial charge in [0.15, 0.2) is 0 Å². The van der Waals surface area contributed by atoms with Crippen LogP contribution in [0.1, 0.15) is 24.3 Å². The number of ether oxygens (including phenoxy) is 1. The van der Waals surface area contributed by atoms with Gasteiger partial charge in [0, 0.05) is 12.6 Å². The lowest BCUT2D eigenvalue weighted by molar-refractivity contribution is 0.189. The van der Waals surface area contributed by atoms with E-state index in [0.717, 1.165) is 0 Å². The molecule has 2 aromatic rings. The minimum absolute atomic E-state index is 0.221. The summed E-state index contributed by atoms with van der Waals surface area (Å²) in [5.41, 5.74) is 1.08. The smallest absolute Gasteiger partial charge is 0.134 e. The van der Waals surface area contributed by atoms with Crippen LogP contribution in [0.5, 0.6) is 5.75 Å². The summed E-state index contributed by atoms with van der Waals surface area (Å²) in [5, 5.41) is 17.2. The highest BCUT2D eigenvalue weighted by molar-refractivity contribution is 5.35. The van der Waals surface area contributed by atoms with Crippen LogP contribution in [0.3, 0.4) is 0 Å². The van der Waals surface area contributed by atoms with Crippen LogP contribution in [-0.4, -0.2) is 20.1 Å². The number of aryl methyl sites for hydroxylation is 1. The molecule has 1 aromatic heterocycles. The lowest BCUT2D eigenvalue weighted by Gasteiger charge is -2.12. The van der Waals surface area contributed by atoms with Gasteiger partial charge < -0.3 is 9.84 Å². The van der Waals surface area contributed by atoms with E-state index in [9.17, 15) is 9.50 Å². The Labute approximate surface area is 104 Å². The Bertz CT molecular complexity index is 540. The summed E-state index contributed by atoms with van der Waals surface area (Å²) in [6, 6.07) is 4.04. The van der Waals surface area contributed by atoms with E-state index in [1.807, 2.05) is 0 Å². The first-order chi connectivity index (χ1) is 8.56. The zero-order chi connectivity index (χ0) is 13.1. The standard InChI is InChI=1S/C12H14FN3O2/c1-8(17)11-5-9(13)3-4-12(11)18-7-10-6-16(2)15-14-10/h3-6,8,17H,7H2,1-2H3/t8-/m0/s1. The van der Waals surface area contributed by atoms with Crippen molar-refractivity contribution in [3.8, 4) is 5.75 Å². The number of aliphatic hydroxyl groups excluding tert-OH is 1. The molecule has 0 radical (unpaired) electrons. The summed E-state index contributed by atoms with van der Waals surface area (Å²) in [6.45, 7) is 1.78. The molecule has 1 N–H and O–H groups in total. The third-order valence-electron chi connectivity index (χ3n) is 2.45. The Kier molecular flexibility index (Phi) is 3.57. The highest BCUT2D eigenvalue weighted by Gasteiger charge is 2.11. The molecule has 0 spiro atoms. The third-order valence-corrected chi connectivity index (χ3v) is 2.45. The maximum Gasteiger partial charge on any atom is 0.134 e. The monoisotopic (exact) mass is 251 g/mol. The van der Waals surface area contributed by atoms with Gasteiger partial charge in [-0.05, 0) is 25.1 Å². The first-order valence-electron chi connectivity index (χ1n) is 5.52. The van der Waals surface area contributed by atoms with Gasteiger partial charge in [-0.1, -0.05) is 5.21 Å². The number of aliphatic hydroxyl groups is 1. The van der Waals surface area contributed by atoms with Gasteiger partial charge >= 0.3 is 0 Å². The van der Waals surface area contributed by atoms with Crippen molar-refractivity contribution in [1.29, 1.82) is 0 Å². The van der Waals surface area contributed by atoms with Crippen molar-refractivity contribution in [1.82, 2.24) is 15.0 Å². The quantitative estimate of drug-likeness (QED) is 0.896. The molecule has 1 atom stereocenters. The van der Waals surface area contributed by atoms with Crippen LogP contribution in [0.25, 0.3) is 0 Å². The Balaban J connectivity index is 2.13. The molecule has 1 aromatic carbocycles. The van der Waals surface area contributed by atoms with Gasteiger partial charge in [0.1, 0.15) is 23.9 Å². The number of aromatic nitrogens is 3. The molecule has 0 saturated heterocycles. The highest BCUT2D eigenvalue weighted by atomic mass is 19.1. The molecule has 0 fully saturated rings. The minimum Gasteiger partial charge on any atom is -0.487 e. The fraction of sp³-hybridized carbons (Fsp3) is 0.333. The minimum atomic E-state index is -0.794. The Hall–Kier alpha value is -1.95. The molecular formula is C12H14FN3O2. The molecule has 0 bridgehead atoms. The van der Waals surface area contributed by atoms with Gasteiger partial charge in [-0.3, -0.25) is 4.68 Å². The van der Waals surface area contributed by atoms with Crippen molar-refractivity contribution in [2.45, 2.75) is 19.6 Å². The van der Waals surface area contributed by atoms with Crippen molar-refractivity contribution in [3.05, 3.63) is 41.5 Å². The van der Waals surface area contributed by atoms with Gasteiger partial charge in [0.05, 0.1) is 12.3 Å². The SMILES string of the molecule is C[C@H](O)c1cc(F)ccc1OCc1cn(C)nn1. The second-order valence-corrected chi connectivity index (χ2v) is 4.03. The maximum absolute atomic E-state index is 13.1. The zero-order valence-corrected chi connectivity index (χ0v) is 10.2. The average molecular weight is 251 g/mol. The summed E-state index contributed by atoms with van der Waals surface area (Å²) in [6.07, 6.45) is 0.934. The van der Waals surface area contributed by atoms with Crippen LogP contribution in [0.4, 0.5) is 4.39 Å². The summed E-state index contributed by atoms with van der Waals surface area (Å²) in [5.74, 6) is 0.0369. The van der Waals surface area contributed by atoms with E-state index >= 15 is 0 Å². The molecule has 96 valence electrons. The van der Waals surface area contributed by atoms with Crippen LogP contribution in [0.15, 0.2) is 24.4 Å². The van der Waals surface area contributed by atoms with E-state index in [1.54, 1.807) is 24.9 Å². The first kappa shape index (κ1) is 12.5. The maximum atomic E-state index is 13.1. The van der Waals surface area contributed by atoms with Crippen LogP contribution in [-0.2, 0) is 13.7 Å². The average Bonchev–Trinajstić information content (AvgIpc) is 2.73. The molecule has 0 aliphatic rings. The highest BCUT2D eigenvalue weighted by Crippen LogP contribution is 2.26. The third kappa shape index (κ3) is 2.84. The zero-order valence-electron chi connectivity index (χ0n) is 10.2. The van der Waals surface area contributed by atoms with Crippen molar-refractivity contribution in [2.75, 3.05) is 0 Å². The largest absolute Gasteiger partial charge is 0.487 e. The lowest BCUT2D eigenvalue weighted by atomic mass is 10.1. The summed E-state index contributed by atoms with van der Waals surface area (Å²) in [7, 11) is 1.76.